The molecule has 0 aliphatic carbocycles. The second-order valence-corrected chi connectivity index (χ2v) is 8.12. The van der Waals surface area contributed by atoms with Crippen LogP contribution in [0.3, 0.4) is 0 Å². The van der Waals surface area contributed by atoms with Gasteiger partial charge in [0, 0.05) is 13.1 Å². The molecule has 1 N–H and O–H groups in total. The van der Waals surface area contributed by atoms with E-state index in [4.69, 9.17) is 4.74 Å². The SMILES string of the molecule is Cc1ccc([C@@]2(C)NC(=O)N(CC(=O)OCC(=O)N3CCCCCCC3)C2=O)cc1. The van der Waals surface area contributed by atoms with Gasteiger partial charge in [0.1, 0.15) is 12.1 Å². The van der Waals surface area contributed by atoms with Crippen LogP contribution in [0.5, 0.6) is 0 Å². The molecular formula is C22H29N3O5. The van der Waals surface area contributed by atoms with Crippen molar-refractivity contribution in [3.63, 3.8) is 0 Å². The fourth-order valence-electron chi connectivity index (χ4n) is 3.83. The van der Waals surface area contributed by atoms with Crippen LogP contribution >= 0.6 is 0 Å². The molecule has 2 saturated heterocycles. The first kappa shape index (κ1) is 21.8. The van der Waals surface area contributed by atoms with Crippen molar-refractivity contribution < 1.29 is 23.9 Å². The summed E-state index contributed by atoms with van der Waals surface area (Å²) in [5.74, 6) is -1.55. The van der Waals surface area contributed by atoms with E-state index in [0.29, 0.717) is 18.7 Å². The smallest absolute Gasteiger partial charge is 0.326 e. The van der Waals surface area contributed by atoms with Gasteiger partial charge >= 0.3 is 12.0 Å². The van der Waals surface area contributed by atoms with Gasteiger partial charge < -0.3 is 15.0 Å². The van der Waals surface area contributed by atoms with Gasteiger partial charge in [-0.1, -0.05) is 49.1 Å². The Morgan fingerprint density at radius 3 is 2.27 bits per heavy atom. The summed E-state index contributed by atoms with van der Waals surface area (Å²) in [6.45, 7) is 3.96. The maximum Gasteiger partial charge on any atom is 0.326 e. The van der Waals surface area contributed by atoms with Crippen LogP contribution in [0.15, 0.2) is 24.3 Å². The lowest BCUT2D eigenvalue weighted by atomic mass is 9.91. The molecule has 2 fully saturated rings. The van der Waals surface area contributed by atoms with E-state index in [1.165, 1.54) is 6.42 Å². The molecule has 2 heterocycles. The molecule has 2 aliphatic heterocycles. The fraction of sp³-hybridized carbons (Fsp3) is 0.545. The molecule has 1 aromatic rings. The van der Waals surface area contributed by atoms with E-state index in [-0.39, 0.29) is 12.5 Å². The second-order valence-electron chi connectivity index (χ2n) is 8.12. The number of carbonyl (C=O) groups is 4. The highest BCUT2D eigenvalue weighted by Crippen LogP contribution is 2.28. The molecule has 1 atom stereocenters. The Hall–Kier alpha value is -2.90. The number of ether oxygens (including phenoxy) is 1. The van der Waals surface area contributed by atoms with Gasteiger partial charge in [0.05, 0.1) is 0 Å². The van der Waals surface area contributed by atoms with E-state index in [9.17, 15) is 19.2 Å². The van der Waals surface area contributed by atoms with Crippen molar-refractivity contribution in [2.45, 2.75) is 51.5 Å². The first-order valence-electron chi connectivity index (χ1n) is 10.5. The molecule has 8 nitrogen and oxygen atoms in total. The summed E-state index contributed by atoms with van der Waals surface area (Å²) in [4.78, 5) is 52.3. The van der Waals surface area contributed by atoms with Crippen LogP contribution in [0.1, 0.15) is 50.2 Å². The fourth-order valence-corrected chi connectivity index (χ4v) is 3.83. The summed E-state index contributed by atoms with van der Waals surface area (Å²) in [7, 11) is 0. The minimum atomic E-state index is -1.24. The number of amides is 4. The summed E-state index contributed by atoms with van der Waals surface area (Å²) < 4.78 is 5.07. The van der Waals surface area contributed by atoms with Gasteiger partial charge in [0.15, 0.2) is 6.61 Å². The second kappa shape index (κ2) is 9.28. The van der Waals surface area contributed by atoms with Crippen molar-refractivity contribution in [3.8, 4) is 0 Å². The third-order valence-electron chi connectivity index (χ3n) is 5.76. The first-order valence-corrected chi connectivity index (χ1v) is 10.5. The van der Waals surface area contributed by atoms with E-state index in [0.717, 1.165) is 36.1 Å². The molecule has 3 rings (SSSR count). The van der Waals surface area contributed by atoms with Gasteiger partial charge in [-0.3, -0.25) is 19.3 Å². The molecule has 0 bridgehead atoms. The summed E-state index contributed by atoms with van der Waals surface area (Å²) >= 11 is 0. The Labute approximate surface area is 176 Å². The number of aryl methyl sites for hydroxylation is 1. The molecule has 0 unspecified atom stereocenters. The number of rotatable bonds is 5. The van der Waals surface area contributed by atoms with Crippen LogP contribution in [-0.2, 0) is 24.7 Å². The summed E-state index contributed by atoms with van der Waals surface area (Å²) in [5, 5.41) is 2.66. The van der Waals surface area contributed by atoms with Crippen molar-refractivity contribution in [3.05, 3.63) is 35.4 Å². The largest absolute Gasteiger partial charge is 0.454 e. The van der Waals surface area contributed by atoms with E-state index in [2.05, 4.69) is 5.32 Å². The first-order chi connectivity index (χ1) is 14.3. The molecule has 1 aromatic carbocycles. The van der Waals surface area contributed by atoms with Gasteiger partial charge in [-0.25, -0.2) is 4.79 Å². The predicted molar refractivity (Wildman–Crippen MR) is 109 cm³/mol. The molecule has 162 valence electrons. The number of nitrogens with zero attached hydrogens (tertiary/aromatic N) is 2. The van der Waals surface area contributed by atoms with E-state index in [1.54, 1.807) is 24.0 Å². The zero-order chi connectivity index (χ0) is 21.7. The zero-order valence-electron chi connectivity index (χ0n) is 17.6. The van der Waals surface area contributed by atoms with Crippen LogP contribution < -0.4 is 5.32 Å². The third kappa shape index (κ3) is 4.80. The van der Waals surface area contributed by atoms with Gasteiger partial charge in [-0.05, 0) is 32.3 Å². The third-order valence-corrected chi connectivity index (χ3v) is 5.76. The molecule has 8 heteroatoms. The molecule has 0 radical (unpaired) electrons. The minimum Gasteiger partial charge on any atom is -0.454 e. The van der Waals surface area contributed by atoms with Crippen LogP contribution in [0.25, 0.3) is 0 Å². The molecule has 2 aliphatic rings. The molecular weight excluding hydrogens is 386 g/mol. The quantitative estimate of drug-likeness (QED) is 0.587. The number of likely N-dealkylation sites (tertiary alicyclic amines) is 1. The number of urea groups is 1. The number of esters is 1. The van der Waals surface area contributed by atoms with Crippen molar-refractivity contribution in [2.24, 2.45) is 0 Å². The van der Waals surface area contributed by atoms with Crippen molar-refractivity contribution in [2.75, 3.05) is 26.2 Å². The monoisotopic (exact) mass is 415 g/mol. The van der Waals surface area contributed by atoms with E-state index >= 15 is 0 Å². The number of hydrogen-bond acceptors (Lipinski definition) is 5. The highest BCUT2D eigenvalue weighted by atomic mass is 16.5. The maximum atomic E-state index is 12.9. The molecule has 0 spiro atoms. The lowest BCUT2D eigenvalue weighted by Gasteiger charge is -2.24. The highest BCUT2D eigenvalue weighted by Gasteiger charge is 2.49. The number of carbonyl (C=O) groups excluding carboxylic acids is 4. The zero-order valence-corrected chi connectivity index (χ0v) is 17.6. The van der Waals surface area contributed by atoms with Crippen molar-refractivity contribution in [1.82, 2.24) is 15.1 Å². The number of imide groups is 1. The van der Waals surface area contributed by atoms with Crippen molar-refractivity contribution in [1.29, 1.82) is 0 Å². The van der Waals surface area contributed by atoms with Crippen molar-refractivity contribution >= 4 is 23.8 Å². The van der Waals surface area contributed by atoms with Gasteiger partial charge in [0.2, 0.25) is 0 Å². The maximum absolute atomic E-state index is 12.9. The number of benzene rings is 1. The predicted octanol–water partition coefficient (Wildman–Crippen LogP) is 2.10. The summed E-state index contributed by atoms with van der Waals surface area (Å²) in [5.41, 5.74) is 0.421. The Morgan fingerprint density at radius 2 is 1.63 bits per heavy atom. The topological polar surface area (TPSA) is 96.0 Å². The molecule has 4 amide bonds. The minimum absolute atomic E-state index is 0.244. The number of hydrogen-bond donors (Lipinski definition) is 1. The van der Waals surface area contributed by atoms with Gasteiger partial charge in [0.25, 0.3) is 11.8 Å². The normalized spacial score (nSPS) is 22.3. The highest BCUT2D eigenvalue weighted by molar-refractivity contribution is 6.08. The Bertz CT molecular complexity index is 815. The standard InChI is InChI=1S/C22H29N3O5/c1-16-8-10-17(11-9-16)22(2)20(28)25(21(29)23-22)14-19(27)30-15-18(26)24-12-6-4-3-5-7-13-24/h8-11H,3-7,12-15H2,1-2H3,(H,23,29)/t22-/m1/s1. The van der Waals surface area contributed by atoms with Crippen LogP contribution in [0, 0.1) is 6.92 Å². The Kier molecular flexibility index (Phi) is 6.74. The lowest BCUT2D eigenvalue weighted by molar-refractivity contribution is -0.154. The summed E-state index contributed by atoms with van der Waals surface area (Å²) in [6.07, 6.45) is 5.26. The average molecular weight is 415 g/mol. The average Bonchev–Trinajstić information content (AvgIpc) is 2.90. The van der Waals surface area contributed by atoms with E-state index < -0.39 is 30.0 Å². The van der Waals surface area contributed by atoms with Gasteiger partial charge in [-0.15, -0.1) is 0 Å². The molecule has 0 aromatic heterocycles. The van der Waals surface area contributed by atoms with Crippen LogP contribution in [0.4, 0.5) is 4.79 Å². The summed E-state index contributed by atoms with van der Waals surface area (Å²) in [6, 6.07) is 6.60. The van der Waals surface area contributed by atoms with Gasteiger partial charge in [-0.2, -0.15) is 0 Å². The molecule has 30 heavy (non-hydrogen) atoms. The lowest BCUT2D eigenvalue weighted by Crippen LogP contribution is -2.42. The number of nitrogens with one attached hydrogen (secondary N) is 1. The van der Waals surface area contributed by atoms with E-state index in [1.807, 2.05) is 19.1 Å². The Morgan fingerprint density at radius 1 is 1.03 bits per heavy atom. The van der Waals surface area contributed by atoms with Crippen LogP contribution in [-0.4, -0.2) is 59.9 Å². The van der Waals surface area contributed by atoms with Crippen LogP contribution in [0.2, 0.25) is 0 Å². The Balaban J connectivity index is 1.55. The molecule has 0 saturated carbocycles.